The van der Waals surface area contributed by atoms with Gasteiger partial charge >= 0.3 is 0 Å². The van der Waals surface area contributed by atoms with Crippen LogP contribution in [0.1, 0.15) is 32.1 Å². The topological polar surface area (TPSA) is 15.3 Å². The standard InChI is InChI=1S/C14H22N2S/c1-3-12(4-1)9-15-13-5-2-7-16(10-13)14-6-8-17-11-14/h6,8,11-13,15H,1-5,7,9-10H2. The van der Waals surface area contributed by atoms with Crippen LogP contribution in [0.2, 0.25) is 0 Å². The average molecular weight is 250 g/mol. The fraction of sp³-hybridized carbons (Fsp3) is 0.714. The van der Waals surface area contributed by atoms with Crippen molar-refractivity contribution in [1.29, 1.82) is 0 Å². The van der Waals surface area contributed by atoms with Crippen molar-refractivity contribution in [2.24, 2.45) is 5.92 Å². The highest BCUT2D eigenvalue weighted by Gasteiger charge is 2.22. The molecule has 0 bridgehead atoms. The van der Waals surface area contributed by atoms with Crippen molar-refractivity contribution in [3.8, 4) is 0 Å². The Balaban J connectivity index is 1.49. The molecule has 1 saturated heterocycles. The molecule has 1 atom stereocenters. The highest BCUT2D eigenvalue weighted by molar-refractivity contribution is 7.08. The number of rotatable bonds is 4. The summed E-state index contributed by atoms with van der Waals surface area (Å²) in [5.41, 5.74) is 1.42. The van der Waals surface area contributed by atoms with Crippen molar-refractivity contribution < 1.29 is 0 Å². The average Bonchev–Trinajstić information content (AvgIpc) is 2.81. The largest absolute Gasteiger partial charge is 0.369 e. The Morgan fingerprint density at radius 2 is 2.24 bits per heavy atom. The quantitative estimate of drug-likeness (QED) is 0.883. The molecular formula is C14H22N2S. The lowest BCUT2D eigenvalue weighted by atomic mass is 9.85. The van der Waals surface area contributed by atoms with E-state index in [-0.39, 0.29) is 0 Å². The van der Waals surface area contributed by atoms with Gasteiger partial charge in [-0.05, 0) is 49.6 Å². The van der Waals surface area contributed by atoms with Crippen LogP contribution < -0.4 is 10.2 Å². The minimum atomic E-state index is 0.712. The maximum absolute atomic E-state index is 3.78. The lowest BCUT2D eigenvalue weighted by Gasteiger charge is -2.36. The highest BCUT2D eigenvalue weighted by Crippen LogP contribution is 2.26. The molecule has 0 spiro atoms. The van der Waals surface area contributed by atoms with Gasteiger partial charge in [0.1, 0.15) is 0 Å². The van der Waals surface area contributed by atoms with E-state index in [0.29, 0.717) is 6.04 Å². The summed E-state index contributed by atoms with van der Waals surface area (Å²) in [4.78, 5) is 2.54. The predicted octanol–water partition coefficient (Wildman–Crippen LogP) is 3.11. The molecule has 2 aliphatic rings. The number of piperidine rings is 1. The maximum atomic E-state index is 3.78. The zero-order valence-corrected chi connectivity index (χ0v) is 11.2. The normalized spacial score (nSPS) is 25.9. The summed E-state index contributed by atoms with van der Waals surface area (Å²) < 4.78 is 0. The zero-order valence-electron chi connectivity index (χ0n) is 10.4. The minimum Gasteiger partial charge on any atom is -0.369 e. The highest BCUT2D eigenvalue weighted by atomic mass is 32.1. The summed E-state index contributed by atoms with van der Waals surface area (Å²) in [6.07, 6.45) is 7.05. The fourth-order valence-corrected chi connectivity index (χ4v) is 3.51. The van der Waals surface area contributed by atoms with Gasteiger partial charge in [-0.1, -0.05) is 6.42 Å². The number of thiophene rings is 1. The van der Waals surface area contributed by atoms with Crippen LogP contribution in [0.15, 0.2) is 16.8 Å². The van der Waals surface area contributed by atoms with Crippen LogP contribution in [0.4, 0.5) is 5.69 Å². The van der Waals surface area contributed by atoms with Crippen LogP contribution in [0.5, 0.6) is 0 Å². The molecular weight excluding hydrogens is 228 g/mol. The summed E-state index contributed by atoms with van der Waals surface area (Å²) in [6.45, 7) is 3.68. The summed E-state index contributed by atoms with van der Waals surface area (Å²) in [7, 11) is 0. The van der Waals surface area contributed by atoms with Gasteiger partial charge in [0.25, 0.3) is 0 Å². The Labute approximate surface area is 108 Å². The van der Waals surface area contributed by atoms with E-state index in [4.69, 9.17) is 0 Å². The molecule has 94 valence electrons. The molecule has 1 aromatic heterocycles. The Kier molecular flexibility index (Phi) is 3.67. The smallest absolute Gasteiger partial charge is 0.0475 e. The molecule has 2 heterocycles. The Morgan fingerprint density at radius 3 is 2.94 bits per heavy atom. The molecule has 3 rings (SSSR count). The van der Waals surface area contributed by atoms with Crippen LogP contribution in [0.25, 0.3) is 0 Å². The molecule has 2 fully saturated rings. The van der Waals surface area contributed by atoms with Crippen molar-refractivity contribution in [3.63, 3.8) is 0 Å². The molecule has 0 aromatic carbocycles. The molecule has 1 N–H and O–H groups in total. The minimum absolute atomic E-state index is 0.712. The van der Waals surface area contributed by atoms with Gasteiger partial charge in [-0.25, -0.2) is 0 Å². The van der Waals surface area contributed by atoms with Gasteiger partial charge in [-0.3, -0.25) is 0 Å². The van der Waals surface area contributed by atoms with E-state index in [2.05, 4.69) is 27.0 Å². The number of hydrogen-bond donors (Lipinski definition) is 1. The second-order valence-corrected chi connectivity index (χ2v) is 6.25. The van der Waals surface area contributed by atoms with Crippen molar-refractivity contribution in [3.05, 3.63) is 16.8 Å². The van der Waals surface area contributed by atoms with Crippen LogP contribution >= 0.6 is 11.3 Å². The monoisotopic (exact) mass is 250 g/mol. The molecule has 0 amide bonds. The van der Waals surface area contributed by atoms with Crippen LogP contribution in [-0.4, -0.2) is 25.7 Å². The number of hydrogen-bond acceptors (Lipinski definition) is 3. The van der Waals surface area contributed by atoms with Crippen molar-refractivity contribution in [1.82, 2.24) is 5.32 Å². The van der Waals surface area contributed by atoms with E-state index in [1.54, 1.807) is 11.3 Å². The number of nitrogens with one attached hydrogen (secondary N) is 1. The van der Waals surface area contributed by atoms with E-state index in [1.807, 2.05) is 0 Å². The lowest BCUT2D eigenvalue weighted by molar-refractivity contribution is 0.280. The Bertz CT molecular complexity index is 332. The molecule has 1 aliphatic heterocycles. The number of anilines is 1. The van der Waals surface area contributed by atoms with Crippen molar-refractivity contribution in [2.75, 3.05) is 24.5 Å². The second kappa shape index (κ2) is 5.40. The molecule has 1 saturated carbocycles. The van der Waals surface area contributed by atoms with Gasteiger partial charge in [0.2, 0.25) is 0 Å². The van der Waals surface area contributed by atoms with Gasteiger partial charge in [-0.2, -0.15) is 11.3 Å². The first-order valence-corrected chi connectivity index (χ1v) is 7.86. The van der Waals surface area contributed by atoms with Crippen molar-refractivity contribution in [2.45, 2.75) is 38.1 Å². The van der Waals surface area contributed by atoms with E-state index < -0.39 is 0 Å². The second-order valence-electron chi connectivity index (χ2n) is 5.47. The molecule has 3 heteroatoms. The Hall–Kier alpha value is -0.540. The fourth-order valence-electron chi connectivity index (χ4n) is 2.85. The molecule has 17 heavy (non-hydrogen) atoms. The van der Waals surface area contributed by atoms with Crippen LogP contribution in [0.3, 0.4) is 0 Å². The summed E-state index contributed by atoms with van der Waals surface area (Å²) in [5, 5.41) is 8.23. The van der Waals surface area contributed by atoms with Gasteiger partial charge in [0, 0.05) is 30.2 Å². The van der Waals surface area contributed by atoms with E-state index in [1.165, 1.54) is 57.4 Å². The lowest BCUT2D eigenvalue weighted by Crippen LogP contribution is -2.47. The van der Waals surface area contributed by atoms with Gasteiger partial charge in [0.15, 0.2) is 0 Å². The Morgan fingerprint density at radius 1 is 1.29 bits per heavy atom. The van der Waals surface area contributed by atoms with E-state index >= 15 is 0 Å². The summed E-state index contributed by atoms with van der Waals surface area (Å²) in [6, 6.07) is 2.96. The zero-order chi connectivity index (χ0) is 11.5. The molecule has 0 radical (unpaired) electrons. The SMILES string of the molecule is c1cc(N2CCCC(NCC3CCC3)C2)cs1. The summed E-state index contributed by atoms with van der Waals surface area (Å²) in [5.74, 6) is 0.978. The van der Waals surface area contributed by atoms with Crippen LogP contribution in [-0.2, 0) is 0 Å². The molecule has 1 aliphatic carbocycles. The van der Waals surface area contributed by atoms with E-state index in [9.17, 15) is 0 Å². The van der Waals surface area contributed by atoms with Crippen LogP contribution in [0, 0.1) is 5.92 Å². The number of nitrogens with zero attached hydrogens (tertiary/aromatic N) is 1. The molecule has 1 unspecified atom stereocenters. The third-order valence-corrected chi connectivity index (χ3v) is 4.88. The first-order valence-electron chi connectivity index (χ1n) is 6.92. The van der Waals surface area contributed by atoms with E-state index in [0.717, 1.165) is 5.92 Å². The van der Waals surface area contributed by atoms with Gasteiger partial charge in [-0.15, -0.1) is 0 Å². The predicted molar refractivity (Wildman–Crippen MR) is 74.9 cm³/mol. The van der Waals surface area contributed by atoms with Gasteiger partial charge < -0.3 is 10.2 Å². The first kappa shape index (κ1) is 11.5. The first-order chi connectivity index (χ1) is 8.42. The molecule has 2 nitrogen and oxygen atoms in total. The maximum Gasteiger partial charge on any atom is 0.0475 e. The van der Waals surface area contributed by atoms with Crippen molar-refractivity contribution >= 4 is 17.0 Å². The third-order valence-electron chi connectivity index (χ3n) is 4.21. The third kappa shape index (κ3) is 2.83. The molecule has 1 aromatic rings. The van der Waals surface area contributed by atoms with Gasteiger partial charge in [0.05, 0.1) is 0 Å². The summed E-state index contributed by atoms with van der Waals surface area (Å²) >= 11 is 1.80.